The first kappa shape index (κ1) is 15.6. The van der Waals surface area contributed by atoms with Crippen LogP contribution in [-0.2, 0) is 0 Å². The number of benzene rings is 1. The largest absolute Gasteiger partial charge is 0.348 e. The van der Waals surface area contributed by atoms with E-state index in [1.165, 1.54) is 0 Å². The molecule has 1 amide bonds. The average Bonchev–Trinajstić information content (AvgIpc) is 2.30. The van der Waals surface area contributed by atoms with Gasteiger partial charge in [-0.2, -0.15) is 0 Å². The molecule has 0 aliphatic carbocycles. The maximum atomic E-state index is 12.0. The predicted octanol–water partition coefficient (Wildman–Crippen LogP) is 2.90. The minimum absolute atomic E-state index is 0. The first-order chi connectivity index (χ1) is 8.18. The van der Waals surface area contributed by atoms with Gasteiger partial charge in [-0.05, 0) is 31.5 Å². The number of carbonyl (C=O) groups excluding carboxylic acids is 1. The summed E-state index contributed by atoms with van der Waals surface area (Å²) in [5.74, 6) is -0.200. The Hall–Kier alpha value is -0.480. The van der Waals surface area contributed by atoms with Gasteiger partial charge in [0.25, 0.3) is 5.91 Å². The highest BCUT2D eigenvalue weighted by Crippen LogP contribution is 2.24. The fourth-order valence-corrected chi connectivity index (χ4v) is 2.52. The average molecular weight is 310 g/mol. The monoisotopic (exact) mass is 308 g/mol. The van der Waals surface area contributed by atoms with E-state index < -0.39 is 0 Å². The van der Waals surface area contributed by atoms with E-state index >= 15 is 0 Å². The molecule has 2 rings (SSSR count). The van der Waals surface area contributed by atoms with Crippen LogP contribution in [0.4, 0.5) is 0 Å². The molecule has 1 fully saturated rings. The number of rotatable bonds is 2. The summed E-state index contributed by atoms with van der Waals surface area (Å²) in [6.07, 6.45) is 2.06. The summed E-state index contributed by atoms with van der Waals surface area (Å²) in [6.45, 7) is 1.81. The van der Waals surface area contributed by atoms with E-state index in [0.717, 1.165) is 25.9 Å². The van der Waals surface area contributed by atoms with Gasteiger partial charge in [0.05, 0.1) is 15.6 Å². The van der Waals surface area contributed by atoms with Crippen molar-refractivity contribution in [1.29, 1.82) is 0 Å². The molecular weight excluding hydrogens is 295 g/mol. The Balaban J connectivity index is 0.00000162. The van der Waals surface area contributed by atoms with Crippen LogP contribution in [0.25, 0.3) is 0 Å². The first-order valence-corrected chi connectivity index (χ1v) is 6.39. The standard InChI is InChI=1S/C12H14Cl2N2O.ClH/c13-9-4-1-5-10(14)11(9)12(17)16-8-3-2-6-15-7-8;/h1,4-5,8,15H,2-3,6-7H2,(H,16,17);1H/t8-;/m1./s1. The summed E-state index contributed by atoms with van der Waals surface area (Å²) < 4.78 is 0. The zero-order chi connectivity index (χ0) is 12.3. The van der Waals surface area contributed by atoms with Gasteiger partial charge in [0.15, 0.2) is 0 Å². The molecule has 100 valence electrons. The van der Waals surface area contributed by atoms with Crippen LogP contribution < -0.4 is 10.6 Å². The van der Waals surface area contributed by atoms with Crippen LogP contribution >= 0.6 is 35.6 Å². The molecule has 1 heterocycles. The first-order valence-electron chi connectivity index (χ1n) is 5.64. The second kappa shape index (κ2) is 7.19. The van der Waals surface area contributed by atoms with Gasteiger partial charge in [-0.3, -0.25) is 4.79 Å². The Morgan fingerprint density at radius 2 is 2.00 bits per heavy atom. The van der Waals surface area contributed by atoms with Gasteiger partial charge in [0, 0.05) is 12.6 Å². The highest BCUT2D eigenvalue weighted by atomic mass is 35.5. The van der Waals surface area contributed by atoms with Crippen molar-refractivity contribution >= 4 is 41.5 Å². The lowest BCUT2D eigenvalue weighted by Gasteiger charge is -2.24. The molecule has 0 bridgehead atoms. The van der Waals surface area contributed by atoms with Crippen molar-refractivity contribution in [3.63, 3.8) is 0 Å². The number of hydrogen-bond donors (Lipinski definition) is 2. The highest BCUT2D eigenvalue weighted by Gasteiger charge is 2.19. The Morgan fingerprint density at radius 3 is 2.56 bits per heavy atom. The molecular formula is C12H15Cl3N2O. The summed E-state index contributed by atoms with van der Waals surface area (Å²) in [5.41, 5.74) is 0.362. The molecule has 0 radical (unpaired) electrons. The van der Waals surface area contributed by atoms with Crippen LogP contribution in [0.3, 0.4) is 0 Å². The zero-order valence-corrected chi connectivity index (χ0v) is 12.0. The fourth-order valence-electron chi connectivity index (χ4n) is 1.95. The molecule has 1 aliphatic rings. The Labute approximate surface area is 123 Å². The van der Waals surface area contributed by atoms with Crippen molar-refractivity contribution in [3.8, 4) is 0 Å². The van der Waals surface area contributed by atoms with Crippen LogP contribution in [0, 0.1) is 0 Å². The Morgan fingerprint density at radius 1 is 1.33 bits per heavy atom. The van der Waals surface area contributed by atoms with E-state index in [1.807, 2.05) is 0 Å². The normalized spacial score (nSPS) is 18.9. The lowest BCUT2D eigenvalue weighted by molar-refractivity contribution is 0.0931. The van der Waals surface area contributed by atoms with E-state index in [1.54, 1.807) is 18.2 Å². The van der Waals surface area contributed by atoms with Crippen LogP contribution in [0.1, 0.15) is 23.2 Å². The van der Waals surface area contributed by atoms with Gasteiger partial charge in [-0.1, -0.05) is 29.3 Å². The molecule has 0 unspecified atom stereocenters. The van der Waals surface area contributed by atoms with Crippen LogP contribution in [0.15, 0.2) is 18.2 Å². The maximum absolute atomic E-state index is 12.0. The molecule has 18 heavy (non-hydrogen) atoms. The molecule has 1 aromatic carbocycles. The third-order valence-corrected chi connectivity index (χ3v) is 3.45. The highest BCUT2D eigenvalue weighted by molar-refractivity contribution is 6.39. The van der Waals surface area contributed by atoms with Crippen LogP contribution in [0.2, 0.25) is 10.0 Å². The summed E-state index contributed by atoms with van der Waals surface area (Å²) in [6, 6.07) is 5.22. The van der Waals surface area contributed by atoms with E-state index in [2.05, 4.69) is 10.6 Å². The van der Waals surface area contributed by atoms with Crippen molar-refractivity contribution in [2.75, 3.05) is 13.1 Å². The van der Waals surface area contributed by atoms with Gasteiger partial charge >= 0.3 is 0 Å². The van der Waals surface area contributed by atoms with E-state index in [9.17, 15) is 4.79 Å². The zero-order valence-electron chi connectivity index (χ0n) is 9.71. The second-order valence-corrected chi connectivity index (χ2v) is 4.93. The Bertz CT molecular complexity index is 400. The van der Waals surface area contributed by atoms with Crippen molar-refractivity contribution in [3.05, 3.63) is 33.8 Å². The summed E-state index contributed by atoms with van der Waals surface area (Å²) in [5, 5.41) is 6.96. The minimum atomic E-state index is -0.200. The van der Waals surface area contributed by atoms with Crippen molar-refractivity contribution in [2.24, 2.45) is 0 Å². The number of hydrogen-bond acceptors (Lipinski definition) is 2. The molecule has 1 saturated heterocycles. The lowest BCUT2D eigenvalue weighted by atomic mass is 10.1. The third kappa shape index (κ3) is 3.75. The van der Waals surface area contributed by atoms with Gasteiger partial charge < -0.3 is 10.6 Å². The van der Waals surface area contributed by atoms with Gasteiger partial charge in [0.1, 0.15) is 0 Å². The lowest BCUT2D eigenvalue weighted by Crippen LogP contribution is -2.45. The van der Waals surface area contributed by atoms with Gasteiger partial charge in [-0.25, -0.2) is 0 Å². The van der Waals surface area contributed by atoms with Crippen LogP contribution in [0.5, 0.6) is 0 Å². The number of carbonyl (C=O) groups is 1. The molecule has 1 aromatic rings. The molecule has 0 spiro atoms. The van der Waals surface area contributed by atoms with Crippen LogP contribution in [-0.4, -0.2) is 25.0 Å². The smallest absolute Gasteiger partial charge is 0.254 e. The van der Waals surface area contributed by atoms with Crippen molar-refractivity contribution < 1.29 is 4.79 Å². The van der Waals surface area contributed by atoms with Crippen molar-refractivity contribution in [1.82, 2.24) is 10.6 Å². The fraction of sp³-hybridized carbons (Fsp3) is 0.417. The van der Waals surface area contributed by atoms with E-state index in [-0.39, 0.29) is 24.4 Å². The predicted molar refractivity (Wildman–Crippen MR) is 77.1 cm³/mol. The second-order valence-electron chi connectivity index (χ2n) is 4.11. The topological polar surface area (TPSA) is 41.1 Å². The molecule has 1 aliphatic heterocycles. The minimum Gasteiger partial charge on any atom is -0.348 e. The molecule has 6 heteroatoms. The SMILES string of the molecule is Cl.O=C(N[C@@H]1CCCNC1)c1c(Cl)cccc1Cl. The molecule has 0 saturated carbocycles. The van der Waals surface area contributed by atoms with E-state index in [4.69, 9.17) is 23.2 Å². The summed E-state index contributed by atoms with van der Waals surface area (Å²) in [7, 11) is 0. The quantitative estimate of drug-likeness (QED) is 0.882. The molecule has 0 aromatic heterocycles. The number of amides is 1. The summed E-state index contributed by atoms with van der Waals surface area (Å²) in [4.78, 5) is 12.0. The van der Waals surface area contributed by atoms with E-state index in [0.29, 0.717) is 15.6 Å². The molecule has 3 nitrogen and oxygen atoms in total. The molecule has 1 atom stereocenters. The number of halogens is 3. The maximum Gasteiger partial charge on any atom is 0.254 e. The van der Waals surface area contributed by atoms with Crippen molar-refractivity contribution in [2.45, 2.75) is 18.9 Å². The Kier molecular flexibility index (Phi) is 6.22. The molecule has 2 N–H and O–H groups in total. The summed E-state index contributed by atoms with van der Waals surface area (Å²) >= 11 is 12.0. The van der Waals surface area contributed by atoms with Gasteiger partial charge in [0.2, 0.25) is 0 Å². The van der Waals surface area contributed by atoms with Gasteiger partial charge in [-0.15, -0.1) is 12.4 Å². The number of piperidine rings is 1. The number of nitrogens with one attached hydrogen (secondary N) is 2. The third-order valence-electron chi connectivity index (χ3n) is 2.82.